The lowest BCUT2D eigenvalue weighted by atomic mass is 10.2. The number of anilines is 1. The number of aliphatic hydroxyl groups excluding tert-OH is 1. The zero-order chi connectivity index (χ0) is 12.3. The highest BCUT2D eigenvalue weighted by atomic mass is 16.5. The summed E-state index contributed by atoms with van der Waals surface area (Å²) in [6.45, 7) is 2.91. The fourth-order valence-electron chi connectivity index (χ4n) is 1.95. The largest absolute Gasteiger partial charge is 0.385 e. The van der Waals surface area contributed by atoms with Crippen molar-refractivity contribution in [3.05, 3.63) is 5.69 Å². The Bertz CT molecular complexity index is 398. The average molecular weight is 241 g/mol. The van der Waals surface area contributed by atoms with E-state index in [0.717, 1.165) is 25.9 Å². The van der Waals surface area contributed by atoms with Gasteiger partial charge < -0.3 is 5.11 Å². The Kier molecular flexibility index (Phi) is 3.58. The number of hydrogen-bond donors (Lipinski definition) is 2. The highest BCUT2D eigenvalue weighted by Crippen LogP contribution is 2.12. The number of aromatic nitrogens is 2. The molecule has 0 bridgehead atoms. The highest BCUT2D eigenvalue weighted by Gasteiger charge is 2.31. The van der Waals surface area contributed by atoms with Crippen LogP contribution in [0.5, 0.6) is 0 Å². The van der Waals surface area contributed by atoms with Gasteiger partial charge in [-0.2, -0.15) is 5.01 Å². The fraction of sp³-hybridized carbons (Fsp3) is 0.700. The Morgan fingerprint density at radius 3 is 2.82 bits per heavy atom. The summed E-state index contributed by atoms with van der Waals surface area (Å²) < 4.78 is 5.03. The molecule has 0 spiro atoms. The zero-order valence-electron chi connectivity index (χ0n) is 9.85. The van der Waals surface area contributed by atoms with Crippen LogP contribution in [0.1, 0.15) is 31.9 Å². The van der Waals surface area contributed by atoms with E-state index in [0.29, 0.717) is 5.69 Å². The third-order valence-electron chi connectivity index (χ3n) is 2.75. The van der Waals surface area contributed by atoms with Gasteiger partial charge in [-0.25, -0.2) is 0 Å². The molecule has 2 heterocycles. The van der Waals surface area contributed by atoms with Crippen molar-refractivity contribution in [3.8, 4) is 0 Å². The number of carbonyl (C=O) groups is 1. The molecule has 1 amide bonds. The van der Waals surface area contributed by atoms with Crippen molar-refractivity contribution in [3.63, 3.8) is 0 Å². The molecule has 7 nitrogen and oxygen atoms in total. The number of hydrogen-bond acceptors (Lipinski definition) is 5. The molecule has 7 heteroatoms. The van der Waals surface area contributed by atoms with E-state index in [1.165, 1.54) is 13.3 Å². The Morgan fingerprint density at radius 2 is 2.24 bits per heavy atom. The van der Waals surface area contributed by atoms with Gasteiger partial charge in [0, 0.05) is 6.92 Å². The predicted molar refractivity (Wildman–Crippen MR) is 58.7 cm³/mol. The minimum Gasteiger partial charge on any atom is -0.385 e. The van der Waals surface area contributed by atoms with Crippen LogP contribution in [-0.2, 0) is 11.4 Å². The molecule has 2 rings (SSSR count). The van der Waals surface area contributed by atoms with Gasteiger partial charge in [0.25, 0.3) is 0 Å². The monoisotopic (exact) mass is 241 g/mol. The van der Waals surface area contributed by atoms with E-state index in [2.05, 4.69) is 10.6 Å². The Morgan fingerprint density at radius 1 is 1.53 bits per heavy atom. The number of nitrogens with zero attached hydrogens (tertiary/aromatic N) is 3. The maximum absolute atomic E-state index is 11.0. The third kappa shape index (κ3) is 2.55. The lowest BCUT2D eigenvalue weighted by Crippen LogP contribution is -2.62. The molecule has 94 valence electrons. The Hall–Kier alpha value is -1.63. The molecule has 1 fully saturated rings. The molecule has 17 heavy (non-hydrogen) atoms. The lowest BCUT2D eigenvalue weighted by molar-refractivity contribution is -0.766. The number of amides is 1. The number of aliphatic hydroxyl groups is 1. The normalized spacial score (nSPS) is 16.0. The van der Waals surface area contributed by atoms with E-state index in [1.54, 1.807) is 4.79 Å². The Labute approximate surface area is 98.9 Å². The first-order chi connectivity index (χ1) is 8.22. The Balaban J connectivity index is 2.21. The van der Waals surface area contributed by atoms with Gasteiger partial charge in [0.05, 0.1) is 17.9 Å². The van der Waals surface area contributed by atoms with E-state index in [-0.39, 0.29) is 18.4 Å². The smallest absolute Gasteiger partial charge is 0.333 e. The first kappa shape index (κ1) is 11.8. The summed E-state index contributed by atoms with van der Waals surface area (Å²) in [6.07, 6.45) is 3.41. The predicted octanol–water partition coefficient (Wildman–Crippen LogP) is -0.465. The quantitative estimate of drug-likeness (QED) is 0.699. The molecule has 0 atom stereocenters. The maximum atomic E-state index is 11.0. The first-order valence-corrected chi connectivity index (χ1v) is 5.77. The summed E-state index contributed by atoms with van der Waals surface area (Å²) in [5, 5.41) is 17.7. The van der Waals surface area contributed by atoms with Crippen LogP contribution in [-0.4, -0.2) is 29.4 Å². The van der Waals surface area contributed by atoms with Crippen molar-refractivity contribution in [2.75, 3.05) is 23.4 Å². The summed E-state index contributed by atoms with van der Waals surface area (Å²) in [5.41, 5.74) is 0.474. The van der Waals surface area contributed by atoms with E-state index in [1.807, 2.05) is 5.01 Å². The van der Waals surface area contributed by atoms with Crippen molar-refractivity contribution in [1.82, 2.24) is 5.27 Å². The molecular formula is C10H17N4O3+. The molecule has 1 saturated heterocycles. The van der Waals surface area contributed by atoms with Crippen LogP contribution < -0.4 is 15.1 Å². The van der Waals surface area contributed by atoms with E-state index < -0.39 is 0 Å². The van der Waals surface area contributed by atoms with Crippen LogP contribution in [0.25, 0.3) is 0 Å². The van der Waals surface area contributed by atoms with Gasteiger partial charge in [-0.05, 0) is 19.3 Å². The van der Waals surface area contributed by atoms with Crippen LogP contribution in [0.3, 0.4) is 0 Å². The van der Waals surface area contributed by atoms with Gasteiger partial charge in [-0.3, -0.25) is 14.6 Å². The summed E-state index contributed by atoms with van der Waals surface area (Å²) in [4.78, 5) is 12.5. The van der Waals surface area contributed by atoms with Gasteiger partial charge in [0.1, 0.15) is 6.61 Å². The zero-order valence-corrected chi connectivity index (χ0v) is 9.85. The molecule has 1 aliphatic heterocycles. The van der Waals surface area contributed by atoms with Crippen molar-refractivity contribution < 1.29 is 19.2 Å². The van der Waals surface area contributed by atoms with Crippen LogP contribution in [0.2, 0.25) is 0 Å². The van der Waals surface area contributed by atoms with Gasteiger partial charge >= 0.3 is 11.6 Å². The molecule has 1 aromatic heterocycles. The summed E-state index contributed by atoms with van der Waals surface area (Å²) >= 11 is 0. The van der Waals surface area contributed by atoms with Crippen LogP contribution in [0.15, 0.2) is 4.52 Å². The molecule has 0 aromatic carbocycles. The molecule has 0 unspecified atom stereocenters. The minimum atomic E-state index is -0.248. The van der Waals surface area contributed by atoms with Crippen LogP contribution >= 0.6 is 0 Å². The number of rotatable bonds is 3. The highest BCUT2D eigenvalue weighted by molar-refractivity contribution is 5.87. The summed E-state index contributed by atoms with van der Waals surface area (Å²) in [5.74, 6) is -0.0350. The number of piperidine rings is 1. The molecule has 0 radical (unpaired) electrons. The fourth-order valence-corrected chi connectivity index (χ4v) is 1.95. The molecule has 1 aromatic rings. The molecular weight excluding hydrogens is 224 g/mol. The van der Waals surface area contributed by atoms with Crippen LogP contribution in [0.4, 0.5) is 5.88 Å². The molecule has 0 saturated carbocycles. The third-order valence-corrected chi connectivity index (χ3v) is 2.75. The van der Waals surface area contributed by atoms with Gasteiger partial charge in [-0.1, -0.05) is 0 Å². The van der Waals surface area contributed by atoms with E-state index in [4.69, 9.17) is 4.52 Å². The van der Waals surface area contributed by atoms with Crippen LogP contribution in [0, 0.1) is 0 Å². The SMILES string of the molecule is CC(=O)Nc1on[n+](N2CCCCC2)c1CO. The maximum Gasteiger partial charge on any atom is 0.333 e. The number of carbonyl (C=O) groups excluding carboxylic acids is 1. The lowest BCUT2D eigenvalue weighted by Gasteiger charge is -2.18. The molecule has 2 N–H and O–H groups in total. The van der Waals surface area contributed by atoms with E-state index >= 15 is 0 Å². The van der Waals surface area contributed by atoms with Gasteiger partial charge in [0.2, 0.25) is 11.2 Å². The minimum absolute atomic E-state index is 0.213. The second kappa shape index (κ2) is 5.13. The molecule has 0 aliphatic carbocycles. The standard InChI is InChI=1S/C10H16N4O3/c1-8(16)11-10-9(7-15)14(12-17-10)13-5-3-2-4-6-13/h15H,2-7H2,1H3/p+1. The second-order valence-electron chi connectivity index (χ2n) is 4.09. The van der Waals surface area contributed by atoms with Crippen molar-refractivity contribution in [1.29, 1.82) is 0 Å². The van der Waals surface area contributed by atoms with Gasteiger partial charge in [-0.15, -0.1) is 0 Å². The first-order valence-electron chi connectivity index (χ1n) is 5.77. The van der Waals surface area contributed by atoms with Gasteiger partial charge in [0.15, 0.2) is 0 Å². The van der Waals surface area contributed by atoms with Crippen molar-refractivity contribution in [2.45, 2.75) is 32.8 Å². The summed E-state index contributed by atoms with van der Waals surface area (Å²) in [6, 6.07) is 0. The number of nitrogens with one attached hydrogen (secondary N) is 1. The van der Waals surface area contributed by atoms with Crippen molar-refractivity contribution in [2.24, 2.45) is 0 Å². The molecule has 1 aliphatic rings. The summed E-state index contributed by atoms with van der Waals surface area (Å²) in [7, 11) is 0. The second-order valence-corrected chi connectivity index (χ2v) is 4.09. The topological polar surface area (TPSA) is 82.5 Å². The van der Waals surface area contributed by atoms with Crippen molar-refractivity contribution >= 4 is 11.8 Å². The average Bonchev–Trinajstić information content (AvgIpc) is 2.72. The van der Waals surface area contributed by atoms with E-state index in [9.17, 15) is 9.90 Å².